The number of hydrogen-bond donors (Lipinski definition) is 1. The van der Waals surface area contributed by atoms with Gasteiger partial charge in [-0.3, -0.25) is 18.6 Å². The van der Waals surface area contributed by atoms with Crippen LogP contribution in [0.1, 0.15) is 28.9 Å². The van der Waals surface area contributed by atoms with Crippen LogP contribution in [0.25, 0.3) is 16.7 Å². The summed E-state index contributed by atoms with van der Waals surface area (Å²) in [5, 5.41) is 12.3. The van der Waals surface area contributed by atoms with Crippen molar-refractivity contribution in [2.45, 2.75) is 32.9 Å². The third-order valence-corrected chi connectivity index (χ3v) is 6.54. The normalized spacial score (nSPS) is 12.4. The highest BCUT2D eigenvalue weighted by Gasteiger charge is 2.18. The van der Waals surface area contributed by atoms with Gasteiger partial charge in [0, 0.05) is 19.4 Å². The number of aryl methyl sites for hydroxylation is 2. The predicted octanol–water partition coefficient (Wildman–Crippen LogP) is 3.38. The highest BCUT2D eigenvalue weighted by atomic mass is 16.7. The van der Waals surface area contributed by atoms with Gasteiger partial charge in [-0.2, -0.15) is 0 Å². The Bertz CT molecular complexity index is 1690. The van der Waals surface area contributed by atoms with Crippen molar-refractivity contribution < 1.29 is 14.3 Å². The molecule has 0 saturated heterocycles. The van der Waals surface area contributed by atoms with E-state index in [-0.39, 0.29) is 24.7 Å². The first-order chi connectivity index (χ1) is 18.1. The molecule has 1 aliphatic rings. The molecule has 2 aromatic heterocycles. The number of benzene rings is 3. The zero-order valence-corrected chi connectivity index (χ0v) is 20.3. The van der Waals surface area contributed by atoms with Crippen LogP contribution in [0, 0.1) is 6.92 Å². The van der Waals surface area contributed by atoms with Crippen LogP contribution in [0.2, 0.25) is 0 Å². The first-order valence-electron chi connectivity index (χ1n) is 12.1. The number of nitrogens with zero attached hydrogens (tertiary/aromatic N) is 4. The molecule has 0 radical (unpaired) electrons. The molecule has 0 bridgehead atoms. The second-order valence-electron chi connectivity index (χ2n) is 9.11. The van der Waals surface area contributed by atoms with E-state index in [0.29, 0.717) is 48.0 Å². The summed E-state index contributed by atoms with van der Waals surface area (Å²) in [5.74, 6) is 2.38. The van der Waals surface area contributed by atoms with Crippen molar-refractivity contribution >= 4 is 22.6 Å². The van der Waals surface area contributed by atoms with Gasteiger partial charge >= 0.3 is 0 Å². The van der Waals surface area contributed by atoms with Crippen molar-refractivity contribution in [2.24, 2.45) is 0 Å². The van der Waals surface area contributed by atoms with E-state index in [1.165, 1.54) is 0 Å². The Hall–Kier alpha value is -4.66. The van der Waals surface area contributed by atoms with Crippen molar-refractivity contribution in [1.29, 1.82) is 0 Å². The molecule has 9 heteroatoms. The van der Waals surface area contributed by atoms with E-state index in [4.69, 9.17) is 9.47 Å². The van der Waals surface area contributed by atoms with Crippen LogP contribution in [-0.2, 0) is 24.3 Å². The van der Waals surface area contributed by atoms with Crippen molar-refractivity contribution in [1.82, 2.24) is 24.5 Å². The van der Waals surface area contributed by atoms with Gasteiger partial charge in [-0.1, -0.05) is 48.0 Å². The van der Waals surface area contributed by atoms with E-state index >= 15 is 0 Å². The summed E-state index contributed by atoms with van der Waals surface area (Å²) < 4.78 is 14.3. The Morgan fingerprint density at radius 3 is 2.62 bits per heavy atom. The highest BCUT2D eigenvalue weighted by Crippen LogP contribution is 2.32. The Morgan fingerprint density at radius 1 is 0.973 bits per heavy atom. The van der Waals surface area contributed by atoms with Crippen molar-refractivity contribution in [3.8, 4) is 11.5 Å². The van der Waals surface area contributed by atoms with Gasteiger partial charge in [0.2, 0.25) is 18.5 Å². The van der Waals surface area contributed by atoms with Crippen molar-refractivity contribution in [2.75, 3.05) is 6.79 Å². The van der Waals surface area contributed by atoms with Crippen LogP contribution in [-0.4, -0.2) is 31.9 Å². The summed E-state index contributed by atoms with van der Waals surface area (Å²) in [6.07, 6.45) is 0.609. The molecule has 1 amide bonds. The zero-order valence-electron chi connectivity index (χ0n) is 20.3. The van der Waals surface area contributed by atoms with E-state index in [1.807, 2.05) is 78.1 Å². The lowest BCUT2D eigenvalue weighted by atomic mass is 10.1. The quantitative estimate of drug-likeness (QED) is 0.372. The zero-order chi connectivity index (χ0) is 25.4. The molecule has 3 heterocycles. The summed E-state index contributed by atoms with van der Waals surface area (Å²) in [7, 11) is 0. The number of ether oxygens (including phenoxy) is 2. The van der Waals surface area contributed by atoms with E-state index in [1.54, 1.807) is 4.57 Å². The number of para-hydroxylation sites is 1. The molecule has 6 rings (SSSR count). The minimum absolute atomic E-state index is 0.105. The smallest absolute Gasteiger partial charge is 0.263 e. The lowest BCUT2D eigenvalue weighted by Gasteiger charge is -2.12. The number of hydrogen-bond acceptors (Lipinski definition) is 6. The standard InChI is InChI=1S/C28H25N5O4/c1-18-6-8-19(9-7-18)16-32-27(35)21-4-2-3-5-22(21)33-25(30-31-28(32)33)12-13-26(34)29-15-20-10-11-23-24(14-20)37-17-36-23/h2-11,14H,12-13,15-17H2,1H3,(H,29,34). The first-order valence-corrected chi connectivity index (χ1v) is 12.1. The second kappa shape index (κ2) is 9.42. The summed E-state index contributed by atoms with van der Waals surface area (Å²) >= 11 is 0. The lowest BCUT2D eigenvalue weighted by molar-refractivity contribution is -0.121. The first kappa shape index (κ1) is 22.8. The molecule has 0 saturated carbocycles. The number of carbonyl (C=O) groups is 1. The van der Waals surface area contributed by atoms with Crippen LogP contribution < -0.4 is 20.3 Å². The SMILES string of the molecule is Cc1ccc(Cn2c(=O)c3ccccc3n3c(CCC(=O)NCc4ccc5c(c4)OCO5)nnc23)cc1. The average Bonchev–Trinajstić information content (AvgIpc) is 3.56. The Morgan fingerprint density at radius 2 is 1.76 bits per heavy atom. The molecule has 1 aliphatic heterocycles. The van der Waals surface area contributed by atoms with E-state index in [0.717, 1.165) is 22.2 Å². The van der Waals surface area contributed by atoms with Crippen LogP contribution in [0.5, 0.6) is 11.5 Å². The highest BCUT2D eigenvalue weighted by molar-refractivity contribution is 5.80. The molecule has 0 atom stereocenters. The third-order valence-electron chi connectivity index (χ3n) is 6.54. The molecule has 1 N–H and O–H groups in total. The molecule has 5 aromatic rings. The molecule has 0 fully saturated rings. The van der Waals surface area contributed by atoms with E-state index in [2.05, 4.69) is 15.5 Å². The lowest BCUT2D eigenvalue weighted by Crippen LogP contribution is -2.25. The van der Waals surface area contributed by atoms with Crippen molar-refractivity contribution in [3.63, 3.8) is 0 Å². The van der Waals surface area contributed by atoms with Gasteiger partial charge in [-0.15, -0.1) is 10.2 Å². The molecule has 3 aromatic carbocycles. The molecular weight excluding hydrogens is 470 g/mol. The number of aromatic nitrogens is 4. The minimum atomic E-state index is -0.121. The topological polar surface area (TPSA) is 99.8 Å². The fraction of sp³-hybridized carbons (Fsp3) is 0.214. The fourth-order valence-electron chi connectivity index (χ4n) is 4.56. The molecule has 186 valence electrons. The van der Waals surface area contributed by atoms with Gasteiger partial charge in [0.15, 0.2) is 11.5 Å². The van der Waals surface area contributed by atoms with Gasteiger partial charge in [0.1, 0.15) is 5.82 Å². The Balaban J connectivity index is 1.24. The number of carbonyl (C=O) groups excluding carboxylic acids is 1. The van der Waals surface area contributed by atoms with Crippen LogP contribution in [0.15, 0.2) is 71.5 Å². The number of nitrogens with one attached hydrogen (secondary N) is 1. The largest absolute Gasteiger partial charge is 0.454 e. The second-order valence-corrected chi connectivity index (χ2v) is 9.11. The predicted molar refractivity (Wildman–Crippen MR) is 138 cm³/mol. The van der Waals surface area contributed by atoms with Gasteiger partial charge in [-0.25, -0.2) is 0 Å². The summed E-state index contributed by atoms with van der Waals surface area (Å²) in [6, 6.07) is 21.1. The van der Waals surface area contributed by atoms with Crippen molar-refractivity contribution in [3.05, 3.63) is 99.6 Å². The molecule has 0 aliphatic carbocycles. The van der Waals surface area contributed by atoms with Gasteiger partial charge in [-0.05, 0) is 42.3 Å². The van der Waals surface area contributed by atoms with Gasteiger partial charge < -0.3 is 14.8 Å². The number of fused-ring (bicyclic) bond motifs is 4. The number of amides is 1. The molecule has 0 spiro atoms. The maximum atomic E-state index is 13.4. The van der Waals surface area contributed by atoms with Gasteiger partial charge in [0.25, 0.3) is 5.56 Å². The fourth-order valence-corrected chi connectivity index (χ4v) is 4.56. The minimum Gasteiger partial charge on any atom is -0.454 e. The number of rotatable bonds is 7. The molecule has 0 unspecified atom stereocenters. The Labute approximate surface area is 212 Å². The van der Waals surface area contributed by atoms with E-state index < -0.39 is 0 Å². The maximum Gasteiger partial charge on any atom is 0.263 e. The Kier molecular flexibility index (Phi) is 5.80. The third kappa shape index (κ3) is 4.40. The van der Waals surface area contributed by atoms with Crippen LogP contribution in [0.4, 0.5) is 0 Å². The van der Waals surface area contributed by atoms with Gasteiger partial charge in [0.05, 0.1) is 17.4 Å². The molecule has 9 nitrogen and oxygen atoms in total. The summed E-state index contributed by atoms with van der Waals surface area (Å²) in [5.41, 5.74) is 3.68. The summed E-state index contributed by atoms with van der Waals surface area (Å²) in [6.45, 7) is 3.00. The molecular formula is C28H25N5O4. The molecule has 37 heavy (non-hydrogen) atoms. The monoisotopic (exact) mass is 495 g/mol. The van der Waals surface area contributed by atoms with Crippen LogP contribution >= 0.6 is 0 Å². The average molecular weight is 496 g/mol. The van der Waals surface area contributed by atoms with Crippen LogP contribution in [0.3, 0.4) is 0 Å². The van der Waals surface area contributed by atoms with E-state index in [9.17, 15) is 9.59 Å². The maximum absolute atomic E-state index is 13.4. The summed E-state index contributed by atoms with van der Waals surface area (Å²) in [4.78, 5) is 26.0.